The summed E-state index contributed by atoms with van der Waals surface area (Å²) in [5.74, 6) is 0. The molecule has 5 rings (SSSR count). The van der Waals surface area contributed by atoms with Gasteiger partial charge >= 0.3 is 0 Å². The predicted molar refractivity (Wildman–Crippen MR) is 117 cm³/mol. The molecule has 3 aromatic carbocycles. The standard InChI is InChI=1S/C22H16N2S2/c1-2-6-18-17(5-1)21(23-15-9-11-25-13-15)19-7-3-4-8-20(19)22(18)24-16-10-12-26-14-16/h1-14,23-24H. The Balaban J connectivity index is 1.82. The summed E-state index contributed by atoms with van der Waals surface area (Å²) in [5.41, 5.74) is 4.57. The van der Waals surface area contributed by atoms with Crippen molar-refractivity contribution in [3.8, 4) is 0 Å². The molecule has 0 aliphatic carbocycles. The molecule has 0 saturated heterocycles. The summed E-state index contributed by atoms with van der Waals surface area (Å²) in [6.45, 7) is 0. The van der Waals surface area contributed by atoms with Gasteiger partial charge in [-0.15, -0.1) is 0 Å². The highest BCUT2D eigenvalue weighted by Crippen LogP contribution is 2.42. The van der Waals surface area contributed by atoms with Crippen LogP contribution in [0, 0.1) is 0 Å². The van der Waals surface area contributed by atoms with Crippen molar-refractivity contribution in [2.24, 2.45) is 0 Å². The molecule has 0 amide bonds. The van der Waals surface area contributed by atoms with Crippen molar-refractivity contribution in [1.82, 2.24) is 0 Å². The molecule has 126 valence electrons. The van der Waals surface area contributed by atoms with E-state index in [1.165, 1.54) is 21.5 Å². The third-order valence-corrected chi connectivity index (χ3v) is 5.88. The highest BCUT2D eigenvalue weighted by atomic mass is 32.1. The Morgan fingerprint density at radius 2 is 0.885 bits per heavy atom. The van der Waals surface area contributed by atoms with Crippen molar-refractivity contribution in [3.05, 3.63) is 82.2 Å². The SMILES string of the molecule is c1ccc2c(Nc3ccsc3)c3ccccc3c(Nc3ccsc3)c2c1. The number of hydrogen-bond donors (Lipinski definition) is 2. The summed E-state index contributed by atoms with van der Waals surface area (Å²) in [6, 6.07) is 21.4. The third kappa shape index (κ3) is 2.64. The van der Waals surface area contributed by atoms with E-state index in [0.29, 0.717) is 0 Å². The zero-order valence-electron chi connectivity index (χ0n) is 13.9. The first kappa shape index (κ1) is 15.4. The van der Waals surface area contributed by atoms with E-state index in [0.717, 1.165) is 22.7 Å². The summed E-state index contributed by atoms with van der Waals surface area (Å²) in [7, 11) is 0. The number of rotatable bonds is 4. The molecule has 0 aliphatic heterocycles. The van der Waals surface area contributed by atoms with Crippen molar-refractivity contribution in [2.75, 3.05) is 10.6 Å². The fourth-order valence-corrected chi connectivity index (χ4v) is 4.53. The van der Waals surface area contributed by atoms with E-state index in [4.69, 9.17) is 0 Å². The maximum atomic E-state index is 3.64. The molecule has 0 unspecified atom stereocenters. The van der Waals surface area contributed by atoms with Gasteiger partial charge in [0.15, 0.2) is 0 Å². The molecule has 0 aliphatic rings. The molecule has 0 atom stereocenters. The predicted octanol–water partition coefficient (Wildman–Crippen LogP) is 7.60. The van der Waals surface area contributed by atoms with Gasteiger partial charge in [-0.3, -0.25) is 0 Å². The van der Waals surface area contributed by atoms with Crippen molar-refractivity contribution in [2.45, 2.75) is 0 Å². The molecule has 0 saturated carbocycles. The van der Waals surface area contributed by atoms with Gasteiger partial charge in [-0.1, -0.05) is 48.5 Å². The van der Waals surface area contributed by atoms with Gasteiger partial charge in [0.25, 0.3) is 0 Å². The summed E-state index contributed by atoms with van der Waals surface area (Å²) in [5, 5.41) is 20.6. The molecule has 2 heterocycles. The monoisotopic (exact) mass is 372 g/mol. The highest BCUT2D eigenvalue weighted by molar-refractivity contribution is 7.08. The maximum Gasteiger partial charge on any atom is 0.0545 e. The zero-order valence-corrected chi connectivity index (χ0v) is 15.5. The van der Waals surface area contributed by atoms with E-state index in [9.17, 15) is 0 Å². The second kappa shape index (κ2) is 6.48. The van der Waals surface area contributed by atoms with E-state index in [-0.39, 0.29) is 0 Å². The maximum absolute atomic E-state index is 3.64. The molecule has 0 fully saturated rings. The highest BCUT2D eigenvalue weighted by Gasteiger charge is 2.14. The summed E-state index contributed by atoms with van der Waals surface area (Å²) in [6.07, 6.45) is 0. The summed E-state index contributed by atoms with van der Waals surface area (Å²) >= 11 is 3.40. The smallest absolute Gasteiger partial charge is 0.0545 e. The lowest BCUT2D eigenvalue weighted by atomic mass is 9.98. The molecule has 4 heteroatoms. The fraction of sp³-hybridized carbons (Fsp3) is 0. The molecule has 2 N–H and O–H groups in total. The van der Waals surface area contributed by atoms with E-state index >= 15 is 0 Å². The number of nitrogens with one attached hydrogen (secondary N) is 2. The van der Waals surface area contributed by atoms with E-state index in [1.807, 2.05) is 0 Å². The zero-order chi connectivity index (χ0) is 17.3. The number of benzene rings is 3. The lowest BCUT2D eigenvalue weighted by Crippen LogP contribution is -1.97. The Morgan fingerprint density at radius 3 is 1.19 bits per heavy atom. The van der Waals surface area contributed by atoms with Crippen molar-refractivity contribution in [1.29, 1.82) is 0 Å². The van der Waals surface area contributed by atoms with Gasteiger partial charge < -0.3 is 10.6 Å². The second-order valence-electron chi connectivity index (χ2n) is 6.12. The van der Waals surface area contributed by atoms with Gasteiger partial charge in [-0.2, -0.15) is 22.7 Å². The first-order valence-corrected chi connectivity index (χ1v) is 10.3. The molecule has 2 aromatic heterocycles. The van der Waals surface area contributed by atoms with Gasteiger partial charge in [-0.25, -0.2) is 0 Å². The molecule has 0 spiro atoms. The lowest BCUT2D eigenvalue weighted by Gasteiger charge is -2.18. The molecule has 0 bridgehead atoms. The molecular formula is C22H16N2S2. The Hall–Kier alpha value is -2.82. The molecule has 0 radical (unpaired) electrons. The van der Waals surface area contributed by atoms with Crippen molar-refractivity contribution < 1.29 is 0 Å². The minimum absolute atomic E-state index is 1.13. The first-order chi connectivity index (χ1) is 12.9. The van der Waals surface area contributed by atoms with Crippen LogP contribution in [0.5, 0.6) is 0 Å². The van der Waals surface area contributed by atoms with Gasteiger partial charge in [0, 0.05) is 43.7 Å². The Bertz CT molecular complexity index is 1020. The van der Waals surface area contributed by atoms with Gasteiger partial charge in [-0.05, 0) is 22.9 Å². The van der Waals surface area contributed by atoms with Crippen LogP contribution >= 0.6 is 22.7 Å². The average molecular weight is 373 g/mol. The molecule has 5 aromatic rings. The van der Waals surface area contributed by atoms with Crippen LogP contribution in [0.25, 0.3) is 21.5 Å². The van der Waals surface area contributed by atoms with Crippen LogP contribution in [0.4, 0.5) is 22.7 Å². The van der Waals surface area contributed by atoms with Gasteiger partial charge in [0.2, 0.25) is 0 Å². The lowest BCUT2D eigenvalue weighted by molar-refractivity contribution is 1.62. The third-order valence-electron chi connectivity index (χ3n) is 4.51. The van der Waals surface area contributed by atoms with Crippen molar-refractivity contribution in [3.63, 3.8) is 0 Å². The van der Waals surface area contributed by atoms with E-state index in [2.05, 4.69) is 92.8 Å². The Morgan fingerprint density at radius 1 is 0.500 bits per heavy atom. The van der Waals surface area contributed by atoms with Gasteiger partial charge in [0.1, 0.15) is 0 Å². The first-order valence-electron chi connectivity index (χ1n) is 8.42. The minimum Gasteiger partial charge on any atom is -0.354 e. The summed E-state index contributed by atoms with van der Waals surface area (Å²) < 4.78 is 0. The van der Waals surface area contributed by atoms with Crippen LogP contribution in [0.15, 0.2) is 82.2 Å². The minimum atomic E-state index is 1.13. The summed E-state index contributed by atoms with van der Waals surface area (Å²) in [4.78, 5) is 0. The van der Waals surface area contributed by atoms with E-state index in [1.54, 1.807) is 22.7 Å². The topological polar surface area (TPSA) is 24.1 Å². The normalized spacial score (nSPS) is 11.1. The molecular weight excluding hydrogens is 356 g/mol. The molecule has 2 nitrogen and oxygen atoms in total. The average Bonchev–Trinajstić information content (AvgIpc) is 3.38. The number of anilines is 4. The van der Waals surface area contributed by atoms with E-state index < -0.39 is 0 Å². The quantitative estimate of drug-likeness (QED) is 0.251. The Labute approximate surface area is 159 Å². The number of fused-ring (bicyclic) bond motifs is 2. The van der Waals surface area contributed by atoms with Crippen LogP contribution in [0.3, 0.4) is 0 Å². The van der Waals surface area contributed by atoms with Crippen LogP contribution < -0.4 is 10.6 Å². The van der Waals surface area contributed by atoms with Crippen molar-refractivity contribution >= 4 is 67.0 Å². The molecule has 26 heavy (non-hydrogen) atoms. The van der Waals surface area contributed by atoms with Crippen LogP contribution in [-0.2, 0) is 0 Å². The Kier molecular flexibility index (Phi) is 3.85. The van der Waals surface area contributed by atoms with Gasteiger partial charge in [0.05, 0.1) is 11.4 Å². The van der Waals surface area contributed by atoms with Crippen LogP contribution in [0.2, 0.25) is 0 Å². The van der Waals surface area contributed by atoms with Crippen LogP contribution in [-0.4, -0.2) is 0 Å². The largest absolute Gasteiger partial charge is 0.354 e. The number of thiophene rings is 2. The van der Waals surface area contributed by atoms with Crippen LogP contribution in [0.1, 0.15) is 0 Å². The fourth-order valence-electron chi connectivity index (χ4n) is 3.36. The second-order valence-corrected chi connectivity index (χ2v) is 7.68. The number of hydrogen-bond acceptors (Lipinski definition) is 4.